The average Bonchev–Trinajstić information content (AvgIpc) is 2.69. The van der Waals surface area contributed by atoms with E-state index in [2.05, 4.69) is 28.9 Å². The topological polar surface area (TPSA) is 13.1 Å². The number of halogens is 3. The summed E-state index contributed by atoms with van der Waals surface area (Å²) in [6, 6.07) is 7.59. The second-order valence-electron chi connectivity index (χ2n) is 3.96. The molecule has 0 amide bonds. The Bertz CT molecular complexity index is 548. The Hall–Kier alpha value is -0.440. The van der Waals surface area contributed by atoms with Gasteiger partial charge in [-0.15, -0.1) is 0 Å². The highest BCUT2D eigenvalue weighted by atomic mass is 79.9. The monoisotopic (exact) mass is 332 g/mol. The first kappa shape index (κ1) is 13.0. The molecule has 0 saturated heterocycles. The summed E-state index contributed by atoms with van der Waals surface area (Å²) in [5, 5.41) is 1.10. The van der Waals surface area contributed by atoms with Gasteiger partial charge in [0.25, 0.3) is 0 Å². The number of hydrogen-bond donors (Lipinski definition) is 0. The van der Waals surface area contributed by atoms with Crippen LogP contribution in [0.3, 0.4) is 0 Å². The molecule has 1 nitrogen and oxygen atoms in total. The molecule has 1 atom stereocenters. The third-order valence-corrected chi connectivity index (χ3v) is 4.20. The van der Waals surface area contributed by atoms with Crippen LogP contribution in [0.2, 0.25) is 10.2 Å². The first-order valence-electron chi connectivity index (χ1n) is 5.15. The van der Waals surface area contributed by atoms with Crippen LogP contribution in [0.4, 0.5) is 0 Å². The Kier molecular flexibility index (Phi) is 3.86. The van der Waals surface area contributed by atoms with Gasteiger partial charge in [0.1, 0.15) is 5.76 Å². The molecular formula is C13H11BrCl2O. The van der Waals surface area contributed by atoms with Crippen molar-refractivity contribution in [1.29, 1.82) is 0 Å². The first-order chi connectivity index (χ1) is 7.99. The first-order valence-corrected chi connectivity index (χ1v) is 6.82. The quantitative estimate of drug-likeness (QED) is 0.643. The zero-order chi connectivity index (χ0) is 12.6. The Morgan fingerprint density at radius 1 is 1.12 bits per heavy atom. The van der Waals surface area contributed by atoms with Gasteiger partial charge in [-0.2, -0.15) is 0 Å². The average molecular weight is 334 g/mol. The van der Waals surface area contributed by atoms with Crippen molar-refractivity contribution in [3.8, 4) is 0 Å². The minimum absolute atomic E-state index is 0.0817. The van der Waals surface area contributed by atoms with E-state index in [1.54, 1.807) is 6.07 Å². The number of furan rings is 1. The summed E-state index contributed by atoms with van der Waals surface area (Å²) in [6.45, 7) is 4.10. The van der Waals surface area contributed by atoms with Crippen molar-refractivity contribution >= 4 is 39.1 Å². The Morgan fingerprint density at radius 3 is 2.35 bits per heavy atom. The number of aryl methyl sites for hydroxylation is 2. The lowest BCUT2D eigenvalue weighted by Gasteiger charge is -2.12. The van der Waals surface area contributed by atoms with Crippen molar-refractivity contribution in [3.63, 3.8) is 0 Å². The third kappa shape index (κ3) is 2.70. The molecule has 0 bridgehead atoms. The molecule has 1 aromatic carbocycles. The highest BCUT2D eigenvalue weighted by Crippen LogP contribution is 2.37. The molecule has 17 heavy (non-hydrogen) atoms. The molecule has 0 aliphatic heterocycles. The fraction of sp³-hybridized carbons (Fsp3) is 0.231. The fourth-order valence-electron chi connectivity index (χ4n) is 1.62. The van der Waals surface area contributed by atoms with Crippen molar-refractivity contribution in [2.45, 2.75) is 18.7 Å². The highest BCUT2D eigenvalue weighted by Gasteiger charge is 2.18. The maximum atomic E-state index is 6.25. The molecule has 4 heteroatoms. The van der Waals surface area contributed by atoms with Gasteiger partial charge in [-0.1, -0.05) is 33.6 Å². The minimum Gasteiger partial charge on any atom is -0.448 e. The van der Waals surface area contributed by atoms with Crippen molar-refractivity contribution in [2.24, 2.45) is 0 Å². The standard InChI is InChI=1S/C13H11BrCl2O/c1-7-5-9(10(15)6-8(7)2)13(14)11-3-4-12(16)17-11/h3-6,13H,1-2H3. The van der Waals surface area contributed by atoms with E-state index in [9.17, 15) is 0 Å². The molecule has 0 fully saturated rings. The molecule has 2 aromatic rings. The predicted octanol–water partition coefficient (Wildman–Crippen LogP) is 5.69. The summed E-state index contributed by atoms with van der Waals surface area (Å²) >= 11 is 15.6. The van der Waals surface area contributed by atoms with Crippen LogP contribution in [0.1, 0.15) is 27.3 Å². The lowest BCUT2D eigenvalue weighted by Crippen LogP contribution is -1.94. The number of alkyl halides is 1. The number of rotatable bonds is 2. The van der Waals surface area contributed by atoms with E-state index in [0.29, 0.717) is 5.22 Å². The molecule has 0 spiro atoms. The van der Waals surface area contributed by atoms with E-state index in [1.807, 2.05) is 19.1 Å². The molecular weight excluding hydrogens is 323 g/mol. The summed E-state index contributed by atoms with van der Waals surface area (Å²) in [4.78, 5) is -0.0817. The predicted molar refractivity (Wildman–Crippen MR) is 75.4 cm³/mol. The second-order valence-corrected chi connectivity index (χ2v) is 5.66. The maximum Gasteiger partial charge on any atom is 0.193 e. The van der Waals surface area contributed by atoms with Crippen LogP contribution in [-0.4, -0.2) is 0 Å². The molecule has 0 saturated carbocycles. The van der Waals surface area contributed by atoms with E-state index in [0.717, 1.165) is 16.3 Å². The molecule has 1 unspecified atom stereocenters. The van der Waals surface area contributed by atoms with E-state index in [1.165, 1.54) is 11.1 Å². The molecule has 0 aliphatic rings. The smallest absolute Gasteiger partial charge is 0.193 e. The van der Waals surface area contributed by atoms with E-state index in [-0.39, 0.29) is 4.83 Å². The zero-order valence-corrected chi connectivity index (χ0v) is 12.5. The van der Waals surface area contributed by atoms with Crippen LogP contribution in [0.25, 0.3) is 0 Å². The number of benzene rings is 1. The number of hydrogen-bond acceptors (Lipinski definition) is 1. The van der Waals surface area contributed by atoms with Gasteiger partial charge in [0.05, 0.1) is 4.83 Å². The molecule has 90 valence electrons. The van der Waals surface area contributed by atoms with Crippen LogP contribution in [0.15, 0.2) is 28.7 Å². The van der Waals surface area contributed by atoms with Gasteiger partial charge in [0.15, 0.2) is 5.22 Å². The Labute approximate surface area is 119 Å². The summed E-state index contributed by atoms with van der Waals surface area (Å²) in [5.41, 5.74) is 3.36. The SMILES string of the molecule is Cc1cc(Cl)c(C(Br)c2ccc(Cl)o2)cc1C. The lowest BCUT2D eigenvalue weighted by atomic mass is 10.0. The van der Waals surface area contributed by atoms with Crippen molar-refractivity contribution in [3.05, 3.63) is 57.0 Å². The van der Waals surface area contributed by atoms with E-state index >= 15 is 0 Å². The summed E-state index contributed by atoms with van der Waals surface area (Å²) in [5.74, 6) is 0.750. The molecule has 0 aliphatic carbocycles. The largest absolute Gasteiger partial charge is 0.448 e. The van der Waals surface area contributed by atoms with Gasteiger partial charge >= 0.3 is 0 Å². The van der Waals surface area contributed by atoms with Crippen LogP contribution in [0, 0.1) is 13.8 Å². The lowest BCUT2D eigenvalue weighted by molar-refractivity contribution is 0.521. The minimum atomic E-state index is -0.0817. The van der Waals surface area contributed by atoms with Gasteiger partial charge in [-0.3, -0.25) is 0 Å². The molecule has 0 radical (unpaired) electrons. The van der Waals surface area contributed by atoms with Crippen LogP contribution < -0.4 is 0 Å². The van der Waals surface area contributed by atoms with Gasteiger partial charge in [0, 0.05) is 5.02 Å². The third-order valence-electron chi connectivity index (χ3n) is 2.73. The zero-order valence-electron chi connectivity index (χ0n) is 9.43. The van der Waals surface area contributed by atoms with Crippen LogP contribution >= 0.6 is 39.1 Å². The normalized spacial score (nSPS) is 12.8. The molecule has 2 rings (SSSR count). The maximum absolute atomic E-state index is 6.25. The Morgan fingerprint density at radius 2 is 1.76 bits per heavy atom. The summed E-state index contributed by atoms with van der Waals surface area (Å²) in [7, 11) is 0. The highest BCUT2D eigenvalue weighted by molar-refractivity contribution is 9.09. The molecule has 0 N–H and O–H groups in total. The second kappa shape index (κ2) is 5.05. The van der Waals surface area contributed by atoms with Gasteiger partial charge in [0.2, 0.25) is 0 Å². The molecule has 1 aromatic heterocycles. The Balaban J connectivity index is 2.43. The van der Waals surface area contributed by atoms with Gasteiger partial charge in [-0.05, 0) is 60.3 Å². The van der Waals surface area contributed by atoms with Crippen LogP contribution in [-0.2, 0) is 0 Å². The fourth-order valence-corrected chi connectivity index (χ4v) is 2.85. The van der Waals surface area contributed by atoms with Gasteiger partial charge < -0.3 is 4.42 Å². The molecule has 1 heterocycles. The van der Waals surface area contributed by atoms with Crippen molar-refractivity contribution in [1.82, 2.24) is 0 Å². The van der Waals surface area contributed by atoms with Gasteiger partial charge in [-0.25, -0.2) is 0 Å². The summed E-state index contributed by atoms with van der Waals surface area (Å²) in [6.07, 6.45) is 0. The van der Waals surface area contributed by atoms with E-state index < -0.39 is 0 Å². The van der Waals surface area contributed by atoms with E-state index in [4.69, 9.17) is 27.6 Å². The van der Waals surface area contributed by atoms with Crippen LogP contribution in [0.5, 0.6) is 0 Å². The summed E-state index contributed by atoms with van der Waals surface area (Å²) < 4.78 is 5.38. The van der Waals surface area contributed by atoms with Crippen molar-refractivity contribution in [2.75, 3.05) is 0 Å². The van der Waals surface area contributed by atoms with Crippen molar-refractivity contribution < 1.29 is 4.42 Å².